The highest BCUT2D eigenvalue weighted by molar-refractivity contribution is 6.34. The van der Waals surface area contributed by atoms with Gasteiger partial charge in [0.25, 0.3) is 5.91 Å². The Morgan fingerprint density at radius 2 is 1.92 bits per heavy atom. The van der Waals surface area contributed by atoms with Crippen LogP contribution in [0.3, 0.4) is 0 Å². The molecule has 3 aliphatic heterocycles. The van der Waals surface area contributed by atoms with Crippen LogP contribution >= 0.6 is 11.6 Å². The van der Waals surface area contributed by atoms with Crippen LogP contribution in [-0.2, 0) is 28.7 Å². The minimum Gasteiger partial charge on any atom is -0.455 e. The second-order valence-corrected chi connectivity index (χ2v) is 14.0. The molecule has 2 aromatic rings. The summed E-state index contributed by atoms with van der Waals surface area (Å²) < 4.78 is 12.8. The van der Waals surface area contributed by atoms with Gasteiger partial charge in [0.1, 0.15) is 17.7 Å². The van der Waals surface area contributed by atoms with E-state index >= 15 is 4.79 Å². The molecule has 0 aromatic heterocycles. The van der Waals surface area contributed by atoms with Crippen molar-refractivity contribution in [3.63, 3.8) is 0 Å². The number of likely N-dealkylation sites (tertiary alicyclic amines) is 1. The van der Waals surface area contributed by atoms with Crippen molar-refractivity contribution in [2.45, 2.75) is 82.8 Å². The fraction of sp³-hybridized carbons (Fsp3) is 0.487. The summed E-state index contributed by atoms with van der Waals surface area (Å²) in [6.07, 6.45) is 3.99. The predicted octanol–water partition coefficient (Wildman–Crippen LogP) is 5.32. The molecule has 0 aliphatic carbocycles. The average molecular weight is 706 g/mol. The van der Waals surface area contributed by atoms with Crippen LogP contribution in [0.15, 0.2) is 73.8 Å². The molecule has 3 saturated heterocycles. The molecule has 50 heavy (non-hydrogen) atoms. The van der Waals surface area contributed by atoms with Crippen molar-refractivity contribution in [3.8, 4) is 0 Å². The van der Waals surface area contributed by atoms with E-state index in [-0.39, 0.29) is 37.9 Å². The van der Waals surface area contributed by atoms with E-state index in [0.29, 0.717) is 42.0 Å². The summed E-state index contributed by atoms with van der Waals surface area (Å²) in [5.74, 6) is -3.86. The number of anilines is 1. The lowest BCUT2D eigenvalue weighted by atomic mass is 9.70. The van der Waals surface area contributed by atoms with Gasteiger partial charge in [-0.15, -0.1) is 13.2 Å². The number of allylic oxidation sites excluding steroid dienone is 1. The maximum Gasteiger partial charge on any atom is 0.313 e. The number of nitrogens with zero attached hydrogens (tertiary/aromatic N) is 2. The largest absolute Gasteiger partial charge is 0.455 e. The number of nitrogens with one attached hydrogen (secondary N) is 1. The van der Waals surface area contributed by atoms with Crippen molar-refractivity contribution in [2.24, 2.45) is 17.8 Å². The number of aliphatic hydroxyl groups excluding tert-OH is 1. The van der Waals surface area contributed by atoms with Crippen LogP contribution in [0, 0.1) is 24.7 Å². The molecule has 11 heteroatoms. The number of hydrogen-bond donors (Lipinski definition) is 2. The minimum atomic E-state index is -1.33. The summed E-state index contributed by atoms with van der Waals surface area (Å²) in [6, 6.07) is 12.6. The topological polar surface area (TPSA) is 125 Å². The Bertz CT molecular complexity index is 1580. The number of esters is 1. The average Bonchev–Trinajstić information content (AvgIpc) is 3.76. The molecule has 2 aromatic carbocycles. The molecule has 3 heterocycles. The molecule has 2 bridgehead atoms. The van der Waals surface area contributed by atoms with Crippen LogP contribution in [0.2, 0.25) is 5.02 Å². The number of fused-ring (bicyclic) bond motifs is 1. The van der Waals surface area contributed by atoms with Gasteiger partial charge in [-0.25, -0.2) is 0 Å². The first kappa shape index (κ1) is 37.3. The Hall–Kier alpha value is -3.99. The zero-order chi connectivity index (χ0) is 36.2. The number of rotatable bonds is 16. The van der Waals surface area contributed by atoms with Crippen LogP contribution in [0.1, 0.15) is 63.2 Å². The molecule has 268 valence electrons. The number of hydrogen-bond acceptors (Lipinski definition) is 7. The fourth-order valence-electron chi connectivity index (χ4n) is 7.99. The number of benzene rings is 2. The molecule has 2 N–H and O–H groups in total. The van der Waals surface area contributed by atoms with Gasteiger partial charge in [-0.05, 0) is 49.3 Å². The molecule has 10 nitrogen and oxygen atoms in total. The van der Waals surface area contributed by atoms with E-state index in [2.05, 4.69) is 18.5 Å². The van der Waals surface area contributed by atoms with Crippen molar-refractivity contribution in [1.82, 2.24) is 10.2 Å². The van der Waals surface area contributed by atoms with Crippen LogP contribution in [0.5, 0.6) is 0 Å². The Kier molecular flexibility index (Phi) is 11.9. The van der Waals surface area contributed by atoms with Crippen LogP contribution < -0.4 is 10.2 Å². The van der Waals surface area contributed by atoms with Gasteiger partial charge in [0.2, 0.25) is 11.8 Å². The minimum absolute atomic E-state index is 0.0370. The van der Waals surface area contributed by atoms with E-state index in [1.54, 1.807) is 24.3 Å². The van der Waals surface area contributed by atoms with Crippen molar-refractivity contribution in [3.05, 3.63) is 90.0 Å². The second kappa shape index (κ2) is 15.9. The van der Waals surface area contributed by atoms with E-state index in [4.69, 9.17) is 21.1 Å². The highest BCUT2D eigenvalue weighted by atomic mass is 35.5. The number of para-hydroxylation sites is 1. The molecule has 3 amide bonds. The van der Waals surface area contributed by atoms with Gasteiger partial charge in [0, 0.05) is 13.0 Å². The van der Waals surface area contributed by atoms with Gasteiger partial charge in [-0.1, -0.05) is 86.5 Å². The van der Waals surface area contributed by atoms with Crippen LogP contribution in [0.4, 0.5) is 5.69 Å². The van der Waals surface area contributed by atoms with Crippen LogP contribution in [-0.4, -0.2) is 77.2 Å². The maximum atomic E-state index is 15.0. The van der Waals surface area contributed by atoms with E-state index in [0.717, 1.165) is 5.56 Å². The highest BCUT2D eigenvalue weighted by Gasteiger charge is 2.76. The van der Waals surface area contributed by atoms with Gasteiger partial charge < -0.3 is 29.7 Å². The smallest absolute Gasteiger partial charge is 0.313 e. The Morgan fingerprint density at radius 3 is 2.56 bits per heavy atom. The molecule has 3 fully saturated rings. The first-order valence-corrected chi connectivity index (χ1v) is 17.8. The molecule has 1 spiro atoms. The number of halogens is 1. The molecule has 0 unspecified atom stereocenters. The number of amides is 3. The summed E-state index contributed by atoms with van der Waals surface area (Å²) in [4.78, 5) is 59.6. The number of carbonyl (C=O) groups is 4. The van der Waals surface area contributed by atoms with E-state index in [1.807, 2.05) is 57.2 Å². The third-order valence-electron chi connectivity index (χ3n) is 10.6. The SMILES string of the molecule is C=CCCC(=O)NC[C@@H](OC(=O)[C@@H]1[C@@H]2CC[C@]3(O2)[C@H](C(=O)N(CC=C)c2c(C)cccc2Cl)N([C@@H](CO)[C@@H](C)CC)C(=O)[C@@H]13)c1ccccc1. The van der Waals surface area contributed by atoms with Crippen molar-refractivity contribution >= 4 is 41.0 Å². The van der Waals surface area contributed by atoms with Gasteiger partial charge in [0.15, 0.2) is 0 Å². The number of aryl methyl sites for hydroxylation is 1. The Labute approximate surface area is 299 Å². The lowest BCUT2D eigenvalue weighted by Gasteiger charge is -2.41. The van der Waals surface area contributed by atoms with Crippen molar-refractivity contribution in [2.75, 3.05) is 24.6 Å². The number of aliphatic hydroxyl groups is 1. The molecule has 3 aliphatic rings. The van der Waals surface area contributed by atoms with Gasteiger partial charge in [-0.3, -0.25) is 19.2 Å². The van der Waals surface area contributed by atoms with E-state index < -0.39 is 59.5 Å². The lowest BCUT2D eigenvalue weighted by Crippen LogP contribution is -2.60. The van der Waals surface area contributed by atoms with Crippen molar-refractivity contribution in [1.29, 1.82) is 0 Å². The summed E-state index contributed by atoms with van der Waals surface area (Å²) in [6.45, 7) is 13.1. The summed E-state index contributed by atoms with van der Waals surface area (Å²) in [7, 11) is 0. The standard InChI is InChI=1S/C39H48ClN3O7/c1-6-9-18-31(45)41-22-30(26-15-11-10-12-16-26)49-38(48)32-29-19-20-39(50-29)33(32)36(46)43(28(23-44)24(4)8-3)35(39)37(47)42(21-7-2)34-25(5)14-13-17-27(34)40/h6-7,10-17,24,28-30,32-33,35,44H,1-2,8-9,18-23H2,3-5H3,(H,41,45)/t24-,28-,29-,30+,32+,33+,35-,39+/m0/s1. The predicted molar refractivity (Wildman–Crippen MR) is 191 cm³/mol. The molecule has 0 saturated carbocycles. The number of carbonyl (C=O) groups excluding carboxylic acids is 4. The van der Waals surface area contributed by atoms with Gasteiger partial charge >= 0.3 is 5.97 Å². The molecule has 8 atom stereocenters. The first-order chi connectivity index (χ1) is 24.0. The summed E-state index contributed by atoms with van der Waals surface area (Å²) in [5, 5.41) is 14.0. The van der Waals surface area contributed by atoms with Crippen molar-refractivity contribution < 1.29 is 33.8 Å². The lowest BCUT2D eigenvalue weighted by molar-refractivity contribution is -0.161. The molecular formula is C39H48ClN3O7. The molecular weight excluding hydrogens is 658 g/mol. The Balaban J connectivity index is 1.53. The van der Waals surface area contributed by atoms with E-state index in [1.165, 1.54) is 9.80 Å². The molecule has 5 rings (SSSR count). The fourth-order valence-corrected chi connectivity index (χ4v) is 8.31. The maximum absolute atomic E-state index is 15.0. The zero-order valence-corrected chi connectivity index (χ0v) is 29.8. The van der Waals surface area contributed by atoms with Crippen LogP contribution in [0.25, 0.3) is 0 Å². The van der Waals surface area contributed by atoms with E-state index in [9.17, 15) is 19.5 Å². The second-order valence-electron chi connectivity index (χ2n) is 13.5. The zero-order valence-electron chi connectivity index (χ0n) is 29.1. The monoisotopic (exact) mass is 705 g/mol. The van der Waals surface area contributed by atoms with Gasteiger partial charge in [0.05, 0.1) is 47.8 Å². The first-order valence-electron chi connectivity index (χ1n) is 17.5. The van der Waals surface area contributed by atoms with Gasteiger partial charge in [-0.2, -0.15) is 0 Å². The number of ether oxygens (including phenoxy) is 2. The Morgan fingerprint density at radius 1 is 1.18 bits per heavy atom. The summed E-state index contributed by atoms with van der Waals surface area (Å²) >= 11 is 6.69. The normalized spacial score (nSPS) is 25.4. The third-order valence-corrected chi connectivity index (χ3v) is 10.9. The summed E-state index contributed by atoms with van der Waals surface area (Å²) in [5.41, 5.74) is 0.613. The third kappa shape index (κ3) is 6.85. The quantitative estimate of drug-likeness (QED) is 0.179. The molecule has 0 radical (unpaired) electrons. The highest BCUT2D eigenvalue weighted by Crippen LogP contribution is 2.60.